The molecule has 0 amide bonds. The van der Waals surface area contributed by atoms with Gasteiger partial charge in [-0.3, -0.25) is 0 Å². The average molecular weight is 300 g/mol. The second kappa shape index (κ2) is 5.76. The molecule has 3 aromatic rings. The van der Waals surface area contributed by atoms with E-state index in [1.165, 1.54) is 4.68 Å². The summed E-state index contributed by atoms with van der Waals surface area (Å²) in [4.78, 5) is 0. The van der Waals surface area contributed by atoms with Crippen LogP contribution < -0.4 is 4.74 Å². The van der Waals surface area contributed by atoms with E-state index in [0.29, 0.717) is 16.4 Å². The first-order valence-corrected chi connectivity index (χ1v) is 6.58. The summed E-state index contributed by atoms with van der Waals surface area (Å²) in [6.07, 6.45) is 3.16. The fourth-order valence-corrected chi connectivity index (χ4v) is 2.01. The highest BCUT2D eigenvalue weighted by Crippen LogP contribution is 2.22. The predicted octanol–water partition coefficient (Wildman–Crippen LogP) is 3.09. The Labute approximate surface area is 125 Å². The van der Waals surface area contributed by atoms with E-state index in [9.17, 15) is 0 Å². The maximum absolute atomic E-state index is 5.22. The van der Waals surface area contributed by atoms with Gasteiger partial charge in [-0.2, -0.15) is 14.9 Å². The summed E-state index contributed by atoms with van der Waals surface area (Å²) in [7, 11) is 1.62. The largest absolute Gasteiger partial charge is 0.497 e. The molecule has 0 bridgehead atoms. The van der Waals surface area contributed by atoms with Crippen molar-refractivity contribution >= 4 is 18.4 Å². The number of methoxy groups -OCH3 is 1. The SMILES string of the molecule is COc1cccc(-c2n[nH]c(=S)n2N=Cc2ccco2)c1. The van der Waals surface area contributed by atoms with Crippen LogP contribution in [0.4, 0.5) is 0 Å². The molecule has 0 aliphatic heterocycles. The lowest BCUT2D eigenvalue weighted by Crippen LogP contribution is -1.95. The number of aromatic amines is 1. The van der Waals surface area contributed by atoms with Crippen LogP contribution in [0, 0.1) is 4.77 Å². The van der Waals surface area contributed by atoms with Crippen molar-refractivity contribution in [3.05, 3.63) is 53.2 Å². The molecule has 0 radical (unpaired) electrons. The molecule has 0 saturated heterocycles. The first-order chi connectivity index (χ1) is 10.3. The molecule has 0 aliphatic carbocycles. The zero-order valence-electron chi connectivity index (χ0n) is 11.2. The van der Waals surface area contributed by atoms with Crippen LogP contribution in [0.1, 0.15) is 5.76 Å². The molecule has 106 valence electrons. The molecule has 2 aromatic heterocycles. The van der Waals surface area contributed by atoms with Gasteiger partial charge >= 0.3 is 0 Å². The Hall–Kier alpha value is -2.67. The number of nitrogens with one attached hydrogen (secondary N) is 1. The lowest BCUT2D eigenvalue weighted by atomic mass is 10.2. The van der Waals surface area contributed by atoms with Gasteiger partial charge in [0.15, 0.2) is 5.82 Å². The van der Waals surface area contributed by atoms with Crippen LogP contribution in [0.15, 0.2) is 52.2 Å². The zero-order valence-corrected chi connectivity index (χ0v) is 12.0. The van der Waals surface area contributed by atoms with E-state index in [1.807, 2.05) is 24.3 Å². The Morgan fingerprint density at radius 2 is 2.29 bits per heavy atom. The Balaban J connectivity index is 2.02. The fourth-order valence-electron chi connectivity index (χ4n) is 1.83. The Kier molecular flexibility index (Phi) is 3.65. The number of furan rings is 1. The maximum Gasteiger partial charge on any atom is 0.216 e. The van der Waals surface area contributed by atoms with Gasteiger partial charge in [0.05, 0.1) is 19.6 Å². The molecule has 1 aromatic carbocycles. The maximum atomic E-state index is 5.22. The minimum atomic E-state index is 0.399. The minimum absolute atomic E-state index is 0.399. The van der Waals surface area contributed by atoms with Crippen LogP contribution in [0.3, 0.4) is 0 Å². The van der Waals surface area contributed by atoms with Crippen molar-refractivity contribution in [1.29, 1.82) is 0 Å². The van der Waals surface area contributed by atoms with E-state index in [1.54, 1.807) is 31.7 Å². The van der Waals surface area contributed by atoms with Gasteiger partial charge in [-0.15, -0.1) is 0 Å². The van der Waals surface area contributed by atoms with Gasteiger partial charge in [0.1, 0.15) is 11.5 Å². The highest BCUT2D eigenvalue weighted by Gasteiger charge is 2.09. The fraction of sp³-hybridized carbons (Fsp3) is 0.0714. The van der Waals surface area contributed by atoms with E-state index in [2.05, 4.69) is 15.3 Å². The number of hydrogen-bond acceptors (Lipinski definition) is 5. The summed E-state index contributed by atoms with van der Waals surface area (Å²) in [5.41, 5.74) is 0.846. The molecule has 0 atom stereocenters. The Morgan fingerprint density at radius 3 is 3.05 bits per heavy atom. The van der Waals surface area contributed by atoms with Crippen LogP contribution in [-0.4, -0.2) is 28.2 Å². The standard InChI is InChI=1S/C14H12N4O2S/c1-19-11-5-2-4-10(8-11)13-16-17-14(21)18(13)15-9-12-6-3-7-20-12/h2-9H,1H3,(H,17,21). The van der Waals surface area contributed by atoms with Crippen LogP contribution in [0.2, 0.25) is 0 Å². The van der Waals surface area contributed by atoms with Gasteiger partial charge in [0.2, 0.25) is 4.77 Å². The third-order valence-electron chi connectivity index (χ3n) is 2.82. The third kappa shape index (κ3) is 2.77. The van der Waals surface area contributed by atoms with Crippen molar-refractivity contribution in [3.8, 4) is 17.1 Å². The second-order valence-corrected chi connectivity index (χ2v) is 4.54. The Bertz CT molecular complexity index is 818. The van der Waals surface area contributed by atoms with Gasteiger partial charge < -0.3 is 9.15 Å². The van der Waals surface area contributed by atoms with Crippen molar-refractivity contribution in [2.45, 2.75) is 0 Å². The lowest BCUT2D eigenvalue weighted by molar-refractivity contribution is 0.415. The summed E-state index contributed by atoms with van der Waals surface area (Å²) >= 11 is 5.20. The highest BCUT2D eigenvalue weighted by molar-refractivity contribution is 7.71. The molecule has 21 heavy (non-hydrogen) atoms. The number of ether oxygens (including phenoxy) is 1. The Morgan fingerprint density at radius 1 is 1.38 bits per heavy atom. The molecule has 1 N–H and O–H groups in total. The van der Waals surface area contributed by atoms with Crippen LogP contribution in [0.25, 0.3) is 11.4 Å². The number of benzene rings is 1. The summed E-state index contributed by atoms with van der Waals surface area (Å²) in [5, 5.41) is 11.2. The molecule has 0 spiro atoms. The molecular formula is C14H12N4O2S. The van der Waals surface area contributed by atoms with E-state index in [4.69, 9.17) is 21.4 Å². The van der Waals surface area contributed by atoms with Gasteiger partial charge in [-0.25, -0.2) is 5.10 Å². The van der Waals surface area contributed by atoms with Gasteiger partial charge in [-0.1, -0.05) is 12.1 Å². The summed E-state index contributed by atoms with van der Waals surface area (Å²) in [5.74, 6) is 1.97. The van der Waals surface area contributed by atoms with Gasteiger partial charge in [0, 0.05) is 5.56 Å². The van der Waals surface area contributed by atoms with Gasteiger partial charge in [0.25, 0.3) is 0 Å². The molecule has 7 heteroatoms. The average Bonchev–Trinajstić information content (AvgIpc) is 3.15. The van der Waals surface area contributed by atoms with Gasteiger partial charge in [-0.05, 0) is 36.5 Å². The normalized spacial score (nSPS) is 11.1. The molecule has 0 fully saturated rings. The molecule has 6 nitrogen and oxygen atoms in total. The third-order valence-corrected chi connectivity index (χ3v) is 3.09. The summed E-state index contributed by atoms with van der Waals surface area (Å²) < 4.78 is 12.4. The molecule has 0 aliphatic rings. The van der Waals surface area contributed by atoms with Crippen molar-refractivity contribution in [1.82, 2.24) is 14.9 Å². The van der Waals surface area contributed by atoms with Crippen LogP contribution >= 0.6 is 12.2 Å². The number of hydrogen-bond donors (Lipinski definition) is 1. The predicted molar refractivity (Wildman–Crippen MR) is 81.1 cm³/mol. The molecular weight excluding hydrogens is 288 g/mol. The van der Waals surface area contributed by atoms with Crippen LogP contribution in [-0.2, 0) is 0 Å². The van der Waals surface area contributed by atoms with Crippen molar-refractivity contribution < 1.29 is 9.15 Å². The van der Waals surface area contributed by atoms with Crippen molar-refractivity contribution in [2.75, 3.05) is 7.11 Å². The van der Waals surface area contributed by atoms with E-state index in [0.717, 1.165) is 11.3 Å². The summed E-state index contributed by atoms with van der Waals surface area (Å²) in [6, 6.07) is 11.1. The molecule has 3 rings (SSSR count). The number of rotatable bonds is 4. The number of aromatic nitrogens is 3. The molecule has 0 saturated carbocycles. The second-order valence-electron chi connectivity index (χ2n) is 4.16. The first kappa shape index (κ1) is 13.3. The van der Waals surface area contributed by atoms with E-state index < -0.39 is 0 Å². The first-order valence-electron chi connectivity index (χ1n) is 6.17. The monoisotopic (exact) mass is 300 g/mol. The zero-order chi connectivity index (χ0) is 14.7. The quantitative estimate of drug-likeness (QED) is 0.594. The molecule has 2 heterocycles. The topological polar surface area (TPSA) is 68.3 Å². The number of H-pyrrole nitrogens is 1. The smallest absolute Gasteiger partial charge is 0.216 e. The van der Waals surface area contributed by atoms with E-state index >= 15 is 0 Å². The van der Waals surface area contributed by atoms with Crippen LogP contribution in [0.5, 0.6) is 5.75 Å². The molecule has 0 unspecified atom stereocenters. The number of nitrogens with zero attached hydrogens (tertiary/aromatic N) is 3. The highest BCUT2D eigenvalue weighted by atomic mass is 32.1. The lowest BCUT2D eigenvalue weighted by Gasteiger charge is -2.03. The van der Waals surface area contributed by atoms with Crippen molar-refractivity contribution in [2.24, 2.45) is 5.10 Å². The van der Waals surface area contributed by atoms with E-state index in [-0.39, 0.29) is 0 Å². The minimum Gasteiger partial charge on any atom is -0.497 e. The summed E-state index contributed by atoms with van der Waals surface area (Å²) in [6.45, 7) is 0. The van der Waals surface area contributed by atoms with Crippen molar-refractivity contribution in [3.63, 3.8) is 0 Å².